The van der Waals surface area contributed by atoms with E-state index in [0.717, 1.165) is 71.9 Å². The van der Waals surface area contributed by atoms with Crippen molar-refractivity contribution in [2.75, 3.05) is 0 Å². The number of aryl methyl sites for hydroxylation is 6. The van der Waals surface area contributed by atoms with Crippen LogP contribution in [0.1, 0.15) is 74.9 Å². The molecule has 0 radical (unpaired) electrons. The van der Waals surface area contributed by atoms with Crippen molar-refractivity contribution in [3.05, 3.63) is 179 Å². The molecule has 12 heteroatoms. The fourth-order valence-corrected chi connectivity index (χ4v) is 15.4. The van der Waals surface area contributed by atoms with Crippen LogP contribution in [0.3, 0.4) is 0 Å². The van der Waals surface area contributed by atoms with Crippen molar-refractivity contribution < 1.29 is 27.1 Å². The van der Waals surface area contributed by atoms with Crippen LogP contribution in [0.25, 0.3) is 0 Å². The summed E-state index contributed by atoms with van der Waals surface area (Å²) in [4.78, 5) is 0. The number of nitrogens with zero attached hydrogens (tertiary/aromatic N) is 3. The van der Waals surface area contributed by atoms with Crippen LogP contribution in [0.2, 0.25) is 0 Å². The Balaban J connectivity index is 1.55. The van der Waals surface area contributed by atoms with Crippen LogP contribution in [0.4, 0.5) is 0 Å². The topological polar surface area (TPSA) is 92.5 Å². The third-order valence-electron chi connectivity index (χ3n) is 10.0. The van der Waals surface area contributed by atoms with E-state index >= 15 is 0 Å². The van der Waals surface area contributed by atoms with Crippen LogP contribution in [0.5, 0.6) is 34.5 Å². The molecule has 0 aliphatic carbocycles. The van der Waals surface area contributed by atoms with E-state index in [-0.39, 0.29) is 0 Å². The molecule has 60 heavy (non-hydrogen) atoms. The average molecular weight is 862 g/mol. The van der Waals surface area contributed by atoms with Crippen LogP contribution in [-0.4, -0.2) is 0 Å². The van der Waals surface area contributed by atoms with Gasteiger partial charge in [-0.3, -0.25) is 0 Å². The van der Waals surface area contributed by atoms with Gasteiger partial charge in [0, 0.05) is 0 Å². The molecule has 7 rings (SSSR count). The fourth-order valence-electron chi connectivity index (χ4n) is 6.30. The van der Waals surface area contributed by atoms with Gasteiger partial charge in [0.15, 0.2) is 0 Å². The molecule has 0 fully saturated rings. The van der Waals surface area contributed by atoms with Crippen molar-refractivity contribution in [3.8, 4) is 34.5 Å². The molecule has 0 bridgehead atoms. The van der Waals surface area contributed by atoms with E-state index in [0.29, 0.717) is 34.5 Å². The summed E-state index contributed by atoms with van der Waals surface area (Å²) in [6.45, 7) is 12.7. The summed E-state index contributed by atoms with van der Waals surface area (Å²) < 4.78 is 58.4. The minimum absolute atomic E-state index is 0.496. The summed E-state index contributed by atoms with van der Waals surface area (Å²) in [6, 6.07) is 47.2. The third kappa shape index (κ3) is 10.8. The highest BCUT2D eigenvalue weighted by atomic mass is 31.3. The molecule has 6 aromatic rings. The Labute approximate surface area is 355 Å². The Hall–Kier alpha value is -5.19. The molecule has 0 N–H and O–H groups in total. The Kier molecular flexibility index (Phi) is 13.9. The van der Waals surface area contributed by atoms with Gasteiger partial charge >= 0.3 is 23.0 Å². The Morgan fingerprint density at radius 3 is 0.500 bits per heavy atom. The number of benzene rings is 6. The van der Waals surface area contributed by atoms with Gasteiger partial charge in [0.2, 0.25) is 0 Å². The first kappa shape index (κ1) is 42.9. The summed E-state index contributed by atoms with van der Waals surface area (Å²) in [5.74, 6) is 2.98. The van der Waals surface area contributed by atoms with Crippen LogP contribution in [-0.2, 0) is 38.5 Å². The normalized spacial score (nSPS) is 14.7. The van der Waals surface area contributed by atoms with Crippen LogP contribution >= 0.6 is 23.0 Å². The zero-order chi connectivity index (χ0) is 42.0. The average Bonchev–Trinajstić information content (AvgIpc) is 3.27. The van der Waals surface area contributed by atoms with Crippen LogP contribution < -0.4 is 27.1 Å². The number of rotatable bonds is 18. The first-order chi connectivity index (χ1) is 29.2. The van der Waals surface area contributed by atoms with Crippen molar-refractivity contribution in [1.29, 1.82) is 0 Å². The standard InChI is InChI=1S/C48H54N3O6P3/c1-7-37-13-25-43(26-14-37)52-58(53-44-27-15-38(8-2)16-28-44)49-59(54-45-29-17-39(9-3)18-30-45,55-46-31-19-40(10-4)20-32-46)51-60(50-58,56-47-33-21-41(11-5)22-34-47)57-48-35-23-42(12-6)24-36-48/h13-36H,7-12H2,1-6H3. The second-order valence-corrected chi connectivity index (χ2v) is 20.5. The van der Waals surface area contributed by atoms with Gasteiger partial charge in [-0.2, -0.15) is 0 Å². The number of hydrogen-bond donors (Lipinski definition) is 0. The van der Waals surface area contributed by atoms with Gasteiger partial charge in [0.05, 0.1) is 0 Å². The molecule has 1 aliphatic heterocycles. The molecule has 0 atom stereocenters. The SMILES string of the molecule is CCc1ccc(OP2(Oc3ccc(CC)cc3)=NP(Oc3ccc(CC)cc3)(Oc3ccc(CC)cc3)=NP(Oc3ccc(CC)cc3)(Oc3ccc(CC)cc3)=N2)cc1. The fraction of sp³-hybridized carbons (Fsp3) is 0.250. The first-order valence-electron chi connectivity index (χ1n) is 20.8. The van der Waals surface area contributed by atoms with Gasteiger partial charge in [-0.15, -0.1) is 0 Å². The van der Waals surface area contributed by atoms with Crippen molar-refractivity contribution in [2.45, 2.75) is 80.1 Å². The zero-order valence-corrected chi connectivity index (χ0v) is 37.9. The van der Waals surface area contributed by atoms with E-state index in [2.05, 4.69) is 41.5 Å². The zero-order valence-electron chi connectivity index (χ0n) is 35.2. The summed E-state index contributed by atoms with van der Waals surface area (Å²) >= 11 is 0. The molecule has 9 nitrogen and oxygen atoms in total. The summed E-state index contributed by atoms with van der Waals surface area (Å²) in [7, 11) is -11.9. The molecule has 0 saturated heterocycles. The molecule has 1 heterocycles. The summed E-state index contributed by atoms with van der Waals surface area (Å²) in [6.07, 6.45) is 5.18. The van der Waals surface area contributed by atoms with Gasteiger partial charge in [0.1, 0.15) is 34.5 Å². The lowest BCUT2D eigenvalue weighted by Crippen LogP contribution is -2.11. The highest BCUT2D eigenvalue weighted by Crippen LogP contribution is 2.78. The molecular weight excluding hydrogens is 807 g/mol. The predicted molar refractivity (Wildman–Crippen MR) is 247 cm³/mol. The molecular formula is C48H54N3O6P3. The van der Waals surface area contributed by atoms with Crippen LogP contribution in [0.15, 0.2) is 159 Å². The van der Waals surface area contributed by atoms with Gasteiger partial charge in [-0.05, 0) is 145 Å². The second-order valence-electron chi connectivity index (χ2n) is 14.3. The maximum atomic E-state index is 7.04. The third-order valence-corrected chi connectivity index (χ3v) is 18.1. The smallest absolute Gasteiger partial charge is 0.413 e. The predicted octanol–water partition coefficient (Wildman–Crippen LogP) is 15.7. The lowest BCUT2D eigenvalue weighted by molar-refractivity contribution is 0.443. The first-order valence-corrected chi connectivity index (χ1v) is 25.4. The van der Waals surface area contributed by atoms with E-state index < -0.39 is 23.0 Å². The van der Waals surface area contributed by atoms with E-state index in [1.807, 2.05) is 146 Å². The highest BCUT2D eigenvalue weighted by Gasteiger charge is 2.49. The molecule has 0 unspecified atom stereocenters. The van der Waals surface area contributed by atoms with E-state index in [1.54, 1.807) is 0 Å². The van der Waals surface area contributed by atoms with Gasteiger partial charge in [-0.25, -0.2) is 0 Å². The van der Waals surface area contributed by atoms with Crippen molar-refractivity contribution in [3.63, 3.8) is 0 Å². The van der Waals surface area contributed by atoms with Crippen LogP contribution in [0, 0.1) is 0 Å². The van der Waals surface area contributed by atoms with Gasteiger partial charge in [-0.1, -0.05) is 128 Å². The van der Waals surface area contributed by atoms with E-state index in [4.69, 9.17) is 40.7 Å². The summed E-state index contributed by atoms with van der Waals surface area (Å²) in [5.41, 5.74) is 6.90. The highest BCUT2D eigenvalue weighted by molar-refractivity contribution is 7.79. The molecule has 0 saturated carbocycles. The monoisotopic (exact) mass is 861 g/mol. The minimum atomic E-state index is -3.98. The quantitative estimate of drug-likeness (QED) is 0.0799. The van der Waals surface area contributed by atoms with E-state index in [9.17, 15) is 0 Å². The largest absolute Gasteiger partial charge is 0.460 e. The molecule has 0 amide bonds. The van der Waals surface area contributed by atoms with E-state index in [1.165, 1.54) is 0 Å². The van der Waals surface area contributed by atoms with Gasteiger partial charge in [0.25, 0.3) is 0 Å². The lowest BCUT2D eigenvalue weighted by atomic mass is 10.2. The molecule has 312 valence electrons. The van der Waals surface area contributed by atoms with Crippen molar-refractivity contribution >= 4 is 23.0 Å². The van der Waals surface area contributed by atoms with Crippen molar-refractivity contribution in [1.82, 2.24) is 0 Å². The molecule has 1 aliphatic rings. The maximum Gasteiger partial charge on any atom is 0.460 e. The van der Waals surface area contributed by atoms with Crippen molar-refractivity contribution in [2.24, 2.45) is 13.5 Å². The Bertz CT molecular complexity index is 2050. The molecule has 0 spiro atoms. The second kappa shape index (κ2) is 19.5. The molecule has 6 aromatic carbocycles. The maximum absolute atomic E-state index is 7.04. The summed E-state index contributed by atoms with van der Waals surface area (Å²) in [5, 5.41) is 0. The lowest BCUT2D eigenvalue weighted by Gasteiger charge is -2.33. The number of hydrogen-bond acceptors (Lipinski definition) is 9. The van der Waals surface area contributed by atoms with Gasteiger partial charge < -0.3 is 27.1 Å². The molecule has 0 aromatic heterocycles. The Morgan fingerprint density at radius 2 is 0.383 bits per heavy atom. The minimum Gasteiger partial charge on any atom is -0.413 e. The Morgan fingerprint density at radius 1 is 0.250 bits per heavy atom.